The number of aromatic amines is 1. The van der Waals surface area contributed by atoms with Gasteiger partial charge in [-0.25, -0.2) is 4.98 Å². The van der Waals surface area contributed by atoms with Gasteiger partial charge in [0, 0.05) is 30.8 Å². The Morgan fingerprint density at radius 2 is 2.27 bits per heavy atom. The average molecular weight is 209 g/mol. The van der Waals surface area contributed by atoms with Gasteiger partial charge in [0.25, 0.3) is 0 Å². The highest BCUT2D eigenvalue weighted by Crippen LogP contribution is 2.08. The zero-order valence-electron chi connectivity index (χ0n) is 9.58. The Bertz CT molecular complexity index is 293. The fraction of sp³-hybridized carbons (Fsp3) is 0.636. The van der Waals surface area contributed by atoms with Crippen LogP contribution in [0.25, 0.3) is 0 Å². The minimum Gasteiger partial charge on any atom is -0.355 e. The minimum absolute atomic E-state index is 0.0757. The van der Waals surface area contributed by atoms with Gasteiger partial charge in [-0.2, -0.15) is 0 Å². The Labute approximate surface area is 90.5 Å². The molecule has 1 amide bonds. The van der Waals surface area contributed by atoms with Gasteiger partial charge in [-0.1, -0.05) is 20.8 Å². The predicted octanol–water partition coefficient (Wildman–Crippen LogP) is 1.36. The zero-order valence-corrected chi connectivity index (χ0v) is 9.58. The first kappa shape index (κ1) is 11.8. The van der Waals surface area contributed by atoms with Crippen molar-refractivity contribution in [2.24, 2.45) is 11.8 Å². The van der Waals surface area contributed by atoms with Crippen molar-refractivity contribution >= 4 is 5.91 Å². The third-order valence-electron chi connectivity index (χ3n) is 2.66. The highest BCUT2D eigenvalue weighted by Gasteiger charge is 2.15. The predicted molar refractivity (Wildman–Crippen MR) is 59.3 cm³/mol. The highest BCUT2D eigenvalue weighted by molar-refractivity contribution is 5.78. The molecular weight excluding hydrogens is 190 g/mol. The Morgan fingerprint density at radius 1 is 1.53 bits per heavy atom. The van der Waals surface area contributed by atoms with Gasteiger partial charge in [0.1, 0.15) is 0 Å². The van der Waals surface area contributed by atoms with E-state index >= 15 is 0 Å². The summed E-state index contributed by atoms with van der Waals surface area (Å²) in [6, 6.07) is 0. The van der Waals surface area contributed by atoms with E-state index in [1.807, 2.05) is 6.92 Å². The average Bonchev–Trinajstić information content (AvgIpc) is 2.69. The molecule has 4 nitrogen and oxygen atoms in total. The number of amides is 1. The first-order chi connectivity index (χ1) is 7.11. The molecule has 0 saturated heterocycles. The van der Waals surface area contributed by atoms with Gasteiger partial charge in [-0.15, -0.1) is 0 Å². The summed E-state index contributed by atoms with van der Waals surface area (Å²) in [5.74, 6) is 0.591. The largest absolute Gasteiger partial charge is 0.355 e. The Balaban J connectivity index is 2.23. The first-order valence-corrected chi connectivity index (χ1v) is 5.36. The fourth-order valence-electron chi connectivity index (χ4n) is 1.21. The summed E-state index contributed by atoms with van der Waals surface area (Å²) in [7, 11) is 0. The molecule has 0 saturated carbocycles. The van der Waals surface area contributed by atoms with Crippen LogP contribution in [-0.2, 0) is 11.2 Å². The van der Waals surface area contributed by atoms with Crippen molar-refractivity contribution in [1.29, 1.82) is 0 Å². The Hall–Kier alpha value is -1.32. The lowest BCUT2D eigenvalue weighted by molar-refractivity contribution is -0.125. The van der Waals surface area contributed by atoms with E-state index in [9.17, 15) is 4.79 Å². The number of carbonyl (C=O) groups excluding carboxylic acids is 1. The van der Waals surface area contributed by atoms with Crippen LogP contribution in [0.2, 0.25) is 0 Å². The maximum Gasteiger partial charge on any atom is 0.223 e. The molecule has 84 valence electrons. The summed E-state index contributed by atoms with van der Waals surface area (Å²) in [4.78, 5) is 18.5. The molecule has 0 aliphatic carbocycles. The SMILES string of the molecule is CC(C)C(C)C(=O)NCCc1cnc[nH]1. The van der Waals surface area contributed by atoms with Gasteiger partial charge in [-0.05, 0) is 5.92 Å². The molecule has 1 atom stereocenters. The molecule has 1 unspecified atom stereocenters. The molecule has 0 aliphatic heterocycles. The van der Waals surface area contributed by atoms with E-state index in [4.69, 9.17) is 0 Å². The summed E-state index contributed by atoms with van der Waals surface area (Å²) < 4.78 is 0. The number of nitrogens with zero attached hydrogens (tertiary/aromatic N) is 1. The number of rotatable bonds is 5. The van der Waals surface area contributed by atoms with Crippen LogP contribution in [0.5, 0.6) is 0 Å². The lowest BCUT2D eigenvalue weighted by Crippen LogP contribution is -2.33. The van der Waals surface area contributed by atoms with Gasteiger partial charge in [0.15, 0.2) is 0 Å². The second kappa shape index (κ2) is 5.53. The van der Waals surface area contributed by atoms with Gasteiger partial charge in [0.2, 0.25) is 5.91 Å². The zero-order chi connectivity index (χ0) is 11.3. The third kappa shape index (κ3) is 3.73. The van der Waals surface area contributed by atoms with E-state index in [1.165, 1.54) is 0 Å². The van der Waals surface area contributed by atoms with Crippen molar-refractivity contribution in [2.75, 3.05) is 6.54 Å². The maximum absolute atomic E-state index is 11.6. The molecule has 0 radical (unpaired) electrons. The Morgan fingerprint density at radius 3 is 2.80 bits per heavy atom. The molecule has 1 aromatic heterocycles. The van der Waals surface area contributed by atoms with Crippen molar-refractivity contribution in [3.8, 4) is 0 Å². The second-order valence-electron chi connectivity index (χ2n) is 4.15. The van der Waals surface area contributed by atoms with Crippen LogP contribution in [0.4, 0.5) is 0 Å². The van der Waals surface area contributed by atoms with Crippen molar-refractivity contribution < 1.29 is 4.79 Å². The first-order valence-electron chi connectivity index (χ1n) is 5.36. The van der Waals surface area contributed by atoms with Crippen LogP contribution in [0, 0.1) is 11.8 Å². The molecule has 4 heteroatoms. The van der Waals surface area contributed by atoms with E-state index in [0.717, 1.165) is 12.1 Å². The maximum atomic E-state index is 11.6. The van der Waals surface area contributed by atoms with E-state index in [2.05, 4.69) is 29.1 Å². The summed E-state index contributed by atoms with van der Waals surface area (Å²) in [5.41, 5.74) is 1.05. The standard InChI is InChI=1S/C11H19N3O/c1-8(2)9(3)11(15)13-5-4-10-6-12-7-14-10/h6-9H,4-5H2,1-3H3,(H,12,14)(H,13,15). The van der Waals surface area contributed by atoms with Gasteiger partial charge < -0.3 is 10.3 Å². The third-order valence-corrected chi connectivity index (χ3v) is 2.66. The second-order valence-corrected chi connectivity index (χ2v) is 4.15. The summed E-state index contributed by atoms with van der Waals surface area (Å²) in [6.07, 6.45) is 4.22. The molecule has 15 heavy (non-hydrogen) atoms. The molecule has 1 rings (SSSR count). The molecule has 2 N–H and O–H groups in total. The molecule has 0 bridgehead atoms. The number of aromatic nitrogens is 2. The van der Waals surface area contributed by atoms with Crippen molar-refractivity contribution in [3.05, 3.63) is 18.2 Å². The van der Waals surface area contributed by atoms with Crippen molar-refractivity contribution in [1.82, 2.24) is 15.3 Å². The molecule has 0 spiro atoms. The monoisotopic (exact) mass is 209 g/mol. The number of carbonyl (C=O) groups is 1. The molecule has 0 fully saturated rings. The van der Waals surface area contributed by atoms with Crippen LogP contribution in [0.15, 0.2) is 12.5 Å². The van der Waals surface area contributed by atoms with Gasteiger partial charge in [-0.3, -0.25) is 4.79 Å². The van der Waals surface area contributed by atoms with Gasteiger partial charge >= 0.3 is 0 Å². The molecular formula is C11H19N3O. The minimum atomic E-state index is 0.0757. The number of hydrogen-bond acceptors (Lipinski definition) is 2. The van der Waals surface area contributed by atoms with E-state index in [0.29, 0.717) is 12.5 Å². The van der Waals surface area contributed by atoms with Crippen molar-refractivity contribution in [3.63, 3.8) is 0 Å². The quantitative estimate of drug-likeness (QED) is 0.769. The van der Waals surface area contributed by atoms with Crippen LogP contribution >= 0.6 is 0 Å². The van der Waals surface area contributed by atoms with Crippen LogP contribution in [0.3, 0.4) is 0 Å². The topological polar surface area (TPSA) is 57.8 Å². The summed E-state index contributed by atoms with van der Waals surface area (Å²) >= 11 is 0. The highest BCUT2D eigenvalue weighted by atomic mass is 16.1. The fourth-order valence-corrected chi connectivity index (χ4v) is 1.21. The normalized spacial score (nSPS) is 12.8. The number of hydrogen-bond donors (Lipinski definition) is 2. The molecule has 1 aromatic rings. The molecule has 0 aromatic carbocycles. The van der Waals surface area contributed by atoms with E-state index in [-0.39, 0.29) is 11.8 Å². The lowest BCUT2D eigenvalue weighted by Gasteiger charge is -2.14. The van der Waals surface area contributed by atoms with Crippen LogP contribution < -0.4 is 5.32 Å². The van der Waals surface area contributed by atoms with E-state index < -0.39 is 0 Å². The molecule has 0 aliphatic rings. The van der Waals surface area contributed by atoms with Crippen molar-refractivity contribution in [2.45, 2.75) is 27.2 Å². The van der Waals surface area contributed by atoms with Crippen LogP contribution in [0.1, 0.15) is 26.5 Å². The summed E-state index contributed by atoms with van der Waals surface area (Å²) in [5, 5.41) is 2.92. The number of H-pyrrole nitrogens is 1. The molecule has 1 heterocycles. The summed E-state index contributed by atoms with van der Waals surface area (Å²) in [6.45, 7) is 6.73. The Kier molecular flexibility index (Phi) is 4.34. The lowest BCUT2D eigenvalue weighted by atomic mass is 9.97. The number of imidazole rings is 1. The number of nitrogens with one attached hydrogen (secondary N) is 2. The van der Waals surface area contributed by atoms with Gasteiger partial charge in [0.05, 0.1) is 6.33 Å². The smallest absolute Gasteiger partial charge is 0.223 e. The van der Waals surface area contributed by atoms with Crippen LogP contribution in [-0.4, -0.2) is 22.4 Å². The van der Waals surface area contributed by atoms with E-state index in [1.54, 1.807) is 12.5 Å².